The predicted molar refractivity (Wildman–Crippen MR) is 104 cm³/mol. The summed E-state index contributed by atoms with van der Waals surface area (Å²) < 4.78 is 0. The quantitative estimate of drug-likeness (QED) is 0.855. The molecule has 0 aromatic heterocycles. The molecule has 1 spiro atoms. The maximum atomic E-state index is 12.7. The van der Waals surface area contributed by atoms with Crippen LogP contribution in [0.2, 0.25) is 0 Å². The Balaban J connectivity index is 1.36. The highest BCUT2D eigenvalue weighted by Crippen LogP contribution is 2.59. The van der Waals surface area contributed by atoms with Gasteiger partial charge in [-0.3, -0.25) is 14.4 Å². The van der Waals surface area contributed by atoms with Crippen molar-refractivity contribution in [1.29, 1.82) is 0 Å². The highest BCUT2D eigenvalue weighted by atomic mass is 16.4. The van der Waals surface area contributed by atoms with Crippen molar-refractivity contribution >= 4 is 23.5 Å². The Hall–Kier alpha value is -3.15. The molecule has 6 nitrogen and oxygen atoms in total. The van der Waals surface area contributed by atoms with E-state index in [2.05, 4.69) is 5.32 Å². The van der Waals surface area contributed by atoms with Gasteiger partial charge in [-0.25, -0.2) is 0 Å². The first-order chi connectivity index (χ1) is 13.5. The van der Waals surface area contributed by atoms with Crippen molar-refractivity contribution in [1.82, 2.24) is 4.90 Å². The number of aliphatic carboxylic acids is 1. The zero-order valence-corrected chi connectivity index (χ0v) is 15.4. The molecule has 144 valence electrons. The van der Waals surface area contributed by atoms with Gasteiger partial charge in [-0.1, -0.05) is 18.2 Å². The number of amides is 2. The molecule has 1 aliphatic carbocycles. The fourth-order valence-corrected chi connectivity index (χ4v) is 4.08. The smallest absolute Gasteiger partial charge is 0.307 e. The van der Waals surface area contributed by atoms with Crippen LogP contribution in [0.3, 0.4) is 0 Å². The summed E-state index contributed by atoms with van der Waals surface area (Å²) in [6.07, 6.45) is 2.22. The fraction of sp³-hybridized carbons (Fsp3) is 0.318. The van der Waals surface area contributed by atoms with Gasteiger partial charge in [0.25, 0.3) is 11.8 Å². The third-order valence-corrected chi connectivity index (χ3v) is 5.96. The van der Waals surface area contributed by atoms with Crippen molar-refractivity contribution in [2.24, 2.45) is 11.3 Å². The van der Waals surface area contributed by atoms with Crippen LogP contribution in [0, 0.1) is 11.3 Å². The topological polar surface area (TPSA) is 86.7 Å². The summed E-state index contributed by atoms with van der Waals surface area (Å²) in [6, 6.07) is 15.8. The molecule has 1 atom stereocenters. The molecule has 1 unspecified atom stereocenters. The average molecular weight is 378 g/mol. The Morgan fingerprint density at radius 1 is 0.929 bits per heavy atom. The first-order valence-electron chi connectivity index (χ1n) is 9.47. The minimum absolute atomic E-state index is 0.0719. The van der Waals surface area contributed by atoms with Gasteiger partial charge in [0.15, 0.2) is 0 Å². The molecule has 2 fully saturated rings. The van der Waals surface area contributed by atoms with E-state index in [4.69, 9.17) is 0 Å². The number of para-hydroxylation sites is 1. The van der Waals surface area contributed by atoms with Crippen LogP contribution in [-0.4, -0.2) is 40.9 Å². The molecule has 1 saturated heterocycles. The van der Waals surface area contributed by atoms with Crippen molar-refractivity contribution in [2.45, 2.75) is 19.3 Å². The van der Waals surface area contributed by atoms with Gasteiger partial charge >= 0.3 is 5.97 Å². The van der Waals surface area contributed by atoms with Crippen LogP contribution >= 0.6 is 0 Å². The number of rotatable bonds is 4. The van der Waals surface area contributed by atoms with Gasteiger partial charge in [-0.05, 0) is 61.1 Å². The molecule has 2 aromatic carbocycles. The number of hydrogen-bond acceptors (Lipinski definition) is 3. The number of carbonyl (C=O) groups excluding carboxylic acids is 2. The molecular formula is C22H22N2O4. The summed E-state index contributed by atoms with van der Waals surface area (Å²) in [5, 5.41) is 12.0. The first-order valence-corrected chi connectivity index (χ1v) is 9.47. The van der Waals surface area contributed by atoms with E-state index in [-0.39, 0.29) is 23.1 Å². The molecule has 2 N–H and O–H groups in total. The lowest BCUT2D eigenvalue weighted by atomic mass is 9.90. The second-order valence-electron chi connectivity index (χ2n) is 7.65. The van der Waals surface area contributed by atoms with Crippen LogP contribution in [0.5, 0.6) is 0 Å². The zero-order chi connectivity index (χ0) is 19.7. The van der Waals surface area contributed by atoms with Gasteiger partial charge in [0.1, 0.15) is 0 Å². The average Bonchev–Trinajstić information content (AvgIpc) is 3.42. The van der Waals surface area contributed by atoms with Gasteiger partial charge in [0.2, 0.25) is 0 Å². The number of benzene rings is 2. The second-order valence-corrected chi connectivity index (χ2v) is 7.65. The van der Waals surface area contributed by atoms with Crippen molar-refractivity contribution in [2.75, 3.05) is 18.4 Å². The Bertz CT molecular complexity index is 900. The molecule has 4 rings (SSSR count). The fourth-order valence-electron chi connectivity index (χ4n) is 4.08. The Morgan fingerprint density at radius 2 is 1.54 bits per heavy atom. The summed E-state index contributed by atoms with van der Waals surface area (Å²) >= 11 is 0. The molecule has 2 amide bonds. The predicted octanol–water partition coefficient (Wildman–Crippen LogP) is 3.27. The molecule has 1 saturated carbocycles. The highest BCUT2D eigenvalue weighted by Gasteiger charge is 2.59. The Labute approximate surface area is 163 Å². The maximum absolute atomic E-state index is 12.7. The molecule has 0 bridgehead atoms. The molecule has 2 aliphatic rings. The number of nitrogens with zero attached hydrogens (tertiary/aromatic N) is 1. The summed E-state index contributed by atoms with van der Waals surface area (Å²) in [4.78, 5) is 38.0. The number of anilines is 1. The van der Waals surface area contributed by atoms with Crippen LogP contribution in [0.4, 0.5) is 5.69 Å². The lowest BCUT2D eigenvalue weighted by Crippen LogP contribution is -2.40. The molecule has 2 aromatic rings. The zero-order valence-electron chi connectivity index (χ0n) is 15.4. The van der Waals surface area contributed by atoms with E-state index in [1.807, 2.05) is 30.3 Å². The molecule has 1 heterocycles. The molecule has 28 heavy (non-hydrogen) atoms. The van der Waals surface area contributed by atoms with Gasteiger partial charge in [0, 0.05) is 29.9 Å². The van der Waals surface area contributed by atoms with Crippen molar-refractivity contribution in [3.63, 3.8) is 0 Å². The van der Waals surface area contributed by atoms with Crippen molar-refractivity contribution < 1.29 is 19.5 Å². The number of hydrogen-bond donors (Lipinski definition) is 2. The van der Waals surface area contributed by atoms with Crippen LogP contribution < -0.4 is 5.32 Å². The van der Waals surface area contributed by atoms with E-state index in [1.165, 1.54) is 0 Å². The number of carboxylic acid groups (broad SMARTS) is 1. The first kappa shape index (κ1) is 18.2. The summed E-state index contributed by atoms with van der Waals surface area (Å²) in [5.41, 5.74) is 1.65. The van der Waals surface area contributed by atoms with Crippen LogP contribution in [0.1, 0.15) is 40.0 Å². The van der Waals surface area contributed by atoms with Gasteiger partial charge in [0.05, 0.1) is 5.92 Å². The number of carboxylic acids is 1. The highest BCUT2D eigenvalue weighted by molar-refractivity contribution is 6.05. The second kappa shape index (κ2) is 7.11. The minimum Gasteiger partial charge on any atom is -0.481 e. The summed E-state index contributed by atoms with van der Waals surface area (Å²) in [7, 11) is 0. The van der Waals surface area contributed by atoms with Crippen LogP contribution in [-0.2, 0) is 4.79 Å². The Morgan fingerprint density at radius 3 is 2.11 bits per heavy atom. The number of carbonyl (C=O) groups is 3. The van der Waals surface area contributed by atoms with E-state index >= 15 is 0 Å². The monoisotopic (exact) mass is 378 g/mol. The Kier molecular flexibility index (Phi) is 4.63. The van der Waals surface area contributed by atoms with Gasteiger partial charge in [-0.2, -0.15) is 0 Å². The number of likely N-dealkylation sites (tertiary alicyclic amines) is 1. The van der Waals surface area contributed by atoms with Crippen LogP contribution in [0.15, 0.2) is 54.6 Å². The number of piperidine rings is 1. The maximum Gasteiger partial charge on any atom is 0.307 e. The van der Waals surface area contributed by atoms with Crippen LogP contribution in [0.25, 0.3) is 0 Å². The number of nitrogens with one attached hydrogen (secondary N) is 1. The van der Waals surface area contributed by atoms with Crippen molar-refractivity contribution in [3.8, 4) is 0 Å². The molecular weight excluding hydrogens is 356 g/mol. The van der Waals surface area contributed by atoms with E-state index < -0.39 is 5.97 Å². The lowest BCUT2D eigenvalue weighted by Gasteiger charge is -2.32. The van der Waals surface area contributed by atoms with Gasteiger partial charge < -0.3 is 15.3 Å². The third-order valence-electron chi connectivity index (χ3n) is 5.96. The van der Waals surface area contributed by atoms with E-state index in [0.29, 0.717) is 24.2 Å². The lowest BCUT2D eigenvalue weighted by molar-refractivity contribution is -0.139. The van der Waals surface area contributed by atoms with Crippen molar-refractivity contribution in [3.05, 3.63) is 65.7 Å². The van der Waals surface area contributed by atoms with Gasteiger partial charge in [-0.15, -0.1) is 0 Å². The van der Waals surface area contributed by atoms with E-state index in [9.17, 15) is 19.5 Å². The summed E-state index contributed by atoms with van der Waals surface area (Å²) in [5.74, 6) is -1.26. The normalized spacial score (nSPS) is 19.9. The molecule has 6 heteroatoms. The SMILES string of the molecule is O=C(Nc1ccccc1)c1ccc(C(=O)N2CCC3(CC2)CC3C(=O)O)cc1. The van der Waals surface area contributed by atoms with E-state index in [0.717, 1.165) is 24.9 Å². The molecule has 1 aliphatic heterocycles. The minimum atomic E-state index is -0.718. The molecule has 0 radical (unpaired) electrons. The summed E-state index contributed by atoms with van der Waals surface area (Å²) in [6.45, 7) is 1.16. The van der Waals surface area contributed by atoms with E-state index in [1.54, 1.807) is 29.2 Å². The third kappa shape index (κ3) is 3.50. The largest absolute Gasteiger partial charge is 0.481 e. The standard InChI is InChI=1S/C22H22N2O4/c25-19(23-17-4-2-1-3-5-17)15-6-8-16(9-7-15)20(26)24-12-10-22(11-13-24)14-18(22)21(27)28/h1-9,18H,10-14H2,(H,23,25)(H,27,28).